The highest BCUT2D eigenvalue weighted by Gasteiger charge is 2.28. The smallest absolute Gasteiger partial charge is 0.409 e. The summed E-state index contributed by atoms with van der Waals surface area (Å²) in [7, 11) is 1.06. The van der Waals surface area contributed by atoms with Crippen LogP contribution in [0.1, 0.15) is 19.8 Å². The van der Waals surface area contributed by atoms with Crippen molar-refractivity contribution in [1.29, 1.82) is 0 Å². The first-order valence-electron chi connectivity index (χ1n) is 6.02. The number of primary amides is 1. The molecule has 0 fully saturated rings. The maximum atomic E-state index is 12.1. The molecule has 0 unspecified atom stereocenters. The minimum atomic E-state index is -4.54. The minimum Gasteiger partial charge on any atom is -0.469 e. The van der Waals surface area contributed by atoms with Gasteiger partial charge in [-0.05, 0) is 6.42 Å². The summed E-state index contributed by atoms with van der Waals surface area (Å²) >= 11 is 0. The van der Waals surface area contributed by atoms with Gasteiger partial charge in [0.25, 0.3) is 0 Å². The van der Waals surface area contributed by atoms with Crippen LogP contribution in [0.3, 0.4) is 0 Å². The molecular formula is C12H17F3N2O4. The number of amides is 2. The van der Waals surface area contributed by atoms with Gasteiger partial charge in [-0.15, -0.1) is 0 Å². The molecule has 1 atom stereocenters. The molecule has 0 aliphatic carbocycles. The van der Waals surface area contributed by atoms with Gasteiger partial charge in [-0.1, -0.05) is 13.0 Å². The largest absolute Gasteiger partial charge is 0.469 e. The Balaban J connectivity index is 5.09. The molecule has 0 aromatic heterocycles. The second kappa shape index (κ2) is 8.28. The predicted molar refractivity (Wildman–Crippen MR) is 66.8 cm³/mol. The second-order valence-electron chi connectivity index (χ2n) is 4.07. The number of halogens is 3. The van der Waals surface area contributed by atoms with Gasteiger partial charge in [-0.2, -0.15) is 13.2 Å². The van der Waals surface area contributed by atoms with Crippen molar-refractivity contribution in [2.24, 2.45) is 5.73 Å². The van der Waals surface area contributed by atoms with Gasteiger partial charge in [0.15, 0.2) is 0 Å². The second-order valence-corrected chi connectivity index (χ2v) is 4.07. The van der Waals surface area contributed by atoms with E-state index in [9.17, 15) is 27.6 Å². The fourth-order valence-corrected chi connectivity index (χ4v) is 1.58. The third-order valence-corrected chi connectivity index (χ3v) is 2.54. The number of hydrogen-bond acceptors (Lipinski definition) is 4. The van der Waals surface area contributed by atoms with Crippen molar-refractivity contribution in [3.63, 3.8) is 0 Å². The average Bonchev–Trinajstić information content (AvgIpc) is 2.35. The quantitative estimate of drug-likeness (QED) is 0.427. The molecule has 0 rings (SSSR count). The van der Waals surface area contributed by atoms with Crippen LogP contribution in [0.15, 0.2) is 12.2 Å². The first-order valence-corrected chi connectivity index (χ1v) is 6.02. The molecule has 0 bridgehead atoms. The van der Waals surface area contributed by atoms with Gasteiger partial charge < -0.3 is 15.4 Å². The summed E-state index contributed by atoms with van der Waals surface area (Å²) in [5, 5.41) is 0. The van der Waals surface area contributed by atoms with Crippen LogP contribution in [0.25, 0.3) is 0 Å². The van der Waals surface area contributed by atoms with Crippen molar-refractivity contribution in [3.8, 4) is 0 Å². The zero-order valence-corrected chi connectivity index (χ0v) is 11.6. The van der Waals surface area contributed by atoms with Crippen LogP contribution in [0, 0.1) is 0 Å². The van der Waals surface area contributed by atoms with Crippen molar-refractivity contribution in [3.05, 3.63) is 12.2 Å². The van der Waals surface area contributed by atoms with Crippen molar-refractivity contribution >= 4 is 17.8 Å². The molecule has 0 spiro atoms. The van der Waals surface area contributed by atoms with Crippen LogP contribution in [0.4, 0.5) is 13.2 Å². The van der Waals surface area contributed by atoms with Crippen LogP contribution < -0.4 is 5.73 Å². The first-order chi connectivity index (χ1) is 9.62. The molecule has 120 valence electrons. The van der Waals surface area contributed by atoms with Crippen molar-refractivity contribution in [1.82, 2.24) is 4.90 Å². The molecule has 21 heavy (non-hydrogen) atoms. The summed E-state index contributed by atoms with van der Waals surface area (Å²) in [4.78, 5) is 35.0. The third-order valence-electron chi connectivity index (χ3n) is 2.54. The maximum absolute atomic E-state index is 12.1. The molecule has 6 nitrogen and oxygen atoms in total. The Morgan fingerprint density at radius 3 is 2.29 bits per heavy atom. The Hall–Kier alpha value is -2.06. The lowest BCUT2D eigenvalue weighted by atomic mass is 10.1. The minimum absolute atomic E-state index is 0.0564. The lowest BCUT2D eigenvalue weighted by molar-refractivity contribution is -0.149. The zero-order valence-electron chi connectivity index (χ0n) is 11.6. The highest BCUT2D eigenvalue weighted by molar-refractivity contribution is 5.96. The van der Waals surface area contributed by atoms with Gasteiger partial charge >= 0.3 is 12.1 Å². The Morgan fingerprint density at radius 1 is 1.33 bits per heavy atom. The van der Waals surface area contributed by atoms with Gasteiger partial charge in [-0.25, -0.2) is 0 Å². The van der Waals surface area contributed by atoms with Crippen LogP contribution in [0.2, 0.25) is 0 Å². The molecule has 2 amide bonds. The van der Waals surface area contributed by atoms with E-state index in [2.05, 4.69) is 4.74 Å². The number of allylic oxidation sites excluding steroid dienone is 1. The van der Waals surface area contributed by atoms with E-state index in [1.807, 2.05) is 0 Å². The van der Waals surface area contributed by atoms with E-state index in [-0.39, 0.29) is 12.5 Å². The standard InChI is InChI=1S/C12H17F3N2O4/c1-3-8(11(16)20)17(6-4-5-12(13,14)15)9(18)7-10(19)21-2/h4-5,8H,3,6-7H2,1-2H3,(H2,16,20)/t8-/m0/s1. The van der Waals surface area contributed by atoms with Gasteiger partial charge in [0.2, 0.25) is 11.8 Å². The van der Waals surface area contributed by atoms with Crippen LogP contribution in [-0.4, -0.2) is 48.6 Å². The van der Waals surface area contributed by atoms with Crippen molar-refractivity contribution < 1.29 is 32.3 Å². The number of rotatable bonds is 7. The number of nitrogens with zero attached hydrogens (tertiary/aromatic N) is 1. The molecule has 0 aromatic carbocycles. The molecule has 0 aliphatic heterocycles. The topological polar surface area (TPSA) is 89.7 Å². The van der Waals surface area contributed by atoms with Crippen molar-refractivity contribution in [2.45, 2.75) is 32.0 Å². The van der Waals surface area contributed by atoms with Gasteiger partial charge in [0.1, 0.15) is 12.5 Å². The van der Waals surface area contributed by atoms with E-state index in [4.69, 9.17) is 5.73 Å². The molecule has 0 saturated heterocycles. The number of nitrogens with two attached hydrogens (primary N) is 1. The molecule has 0 saturated carbocycles. The summed E-state index contributed by atoms with van der Waals surface area (Å²) < 4.78 is 40.5. The van der Waals surface area contributed by atoms with E-state index in [0.717, 1.165) is 12.0 Å². The Kier molecular flexibility index (Phi) is 7.46. The highest BCUT2D eigenvalue weighted by atomic mass is 19.4. The van der Waals surface area contributed by atoms with Crippen LogP contribution in [-0.2, 0) is 19.1 Å². The van der Waals surface area contributed by atoms with Gasteiger partial charge in [0, 0.05) is 12.6 Å². The van der Waals surface area contributed by atoms with Crippen LogP contribution >= 0.6 is 0 Å². The maximum Gasteiger partial charge on any atom is 0.409 e. The summed E-state index contributed by atoms with van der Waals surface area (Å²) in [6, 6.07) is -1.10. The highest BCUT2D eigenvalue weighted by Crippen LogP contribution is 2.16. The third kappa shape index (κ3) is 7.33. The van der Waals surface area contributed by atoms with Gasteiger partial charge in [-0.3, -0.25) is 14.4 Å². The summed E-state index contributed by atoms with van der Waals surface area (Å²) in [5.74, 6) is -2.56. The normalized spacial score (nSPS) is 13.0. The van der Waals surface area contributed by atoms with E-state index in [1.54, 1.807) is 6.92 Å². The number of hydrogen-bond donors (Lipinski definition) is 1. The number of esters is 1. The fraction of sp³-hybridized carbons (Fsp3) is 0.583. The molecule has 0 radical (unpaired) electrons. The van der Waals surface area contributed by atoms with E-state index in [1.165, 1.54) is 0 Å². The summed E-state index contributed by atoms with van der Waals surface area (Å²) in [6.07, 6.45) is -4.48. The Bertz CT molecular complexity index is 421. The zero-order chi connectivity index (χ0) is 16.6. The molecule has 0 aromatic rings. The summed E-state index contributed by atoms with van der Waals surface area (Å²) in [5.41, 5.74) is 5.11. The van der Waals surface area contributed by atoms with Crippen molar-refractivity contribution in [2.75, 3.05) is 13.7 Å². The number of carbonyl (C=O) groups excluding carboxylic acids is 3. The molecule has 0 heterocycles. The monoisotopic (exact) mass is 310 g/mol. The molecule has 0 aliphatic rings. The van der Waals surface area contributed by atoms with E-state index >= 15 is 0 Å². The number of methoxy groups -OCH3 is 1. The fourth-order valence-electron chi connectivity index (χ4n) is 1.58. The Labute approximate surface area is 119 Å². The van der Waals surface area contributed by atoms with E-state index in [0.29, 0.717) is 6.08 Å². The lowest BCUT2D eigenvalue weighted by Gasteiger charge is -2.27. The van der Waals surface area contributed by atoms with Crippen LogP contribution in [0.5, 0.6) is 0 Å². The number of alkyl halides is 3. The molecular weight excluding hydrogens is 293 g/mol. The first kappa shape index (κ1) is 18.9. The molecule has 2 N–H and O–H groups in total. The average molecular weight is 310 g/mol. The SMILES string of the molecule is CC[C@@H](C(N)=O)N(CC=CC(F)(F)F)C(=O)CC(=O)OC. The number of ether oxygens (including phenoxy) is 1. The van der Waals surface area contributed by atoms with Gasteiger partial charge in [0.05, 0.1) is 7.11 Å². The number of carbonyl (C=O) groups is 3. The van der Waals surface area contributed by atoms with E-state index < -0.39 is 43.0 Å². The summed E-state index contributed by atoms with van der Waals surface area (Å²) in [6.45, 7) is 1.05. The molecule has 9 heteroatoms. The Morgan fingerprint density at radius 2 is 1.90 bits per heavy atom. The lowest BCUT2D eigenvalue weighted by Crippen LogP contribution is -2.48. The predicted octanol–water partition coefficient (Wildman–Crippen LogP) is 0.760.